The number of hydrogen-bond acceptors (Lipinski definition) is 4. The number of hydrogen-bond donors (Lipinski definition) is 0. The van der Waals surface area contributed by atoms with Crippen molar-refractivity contribution in [2.45, 2.75) is 6.92 Å². The Labute approximate surface area is 151 Å². The number of nitro groups is 1. The maximum Gasteiger partial charge on any atom is 0.282 e. The minimum absolute atomic E-state index is 0.0669. The number of para-hydroxylation sites is 1. The number of rotatable bonds is 3. The molecule has 0 aliphatic carbocycles. The minimum atomic E-state index is -0.551. The Hall–Kier alpha value is -3.22. The van der Waals surface area contributed by atoms with Gasteiger partial charge in [0.05, 0.1) is 4.92 Å². The highest BCUT2D eigenvalue weighted by atomic mass is 16.6. The van der Waals surface area contributed by atoms with Crippen molar-refractivity contribution >= 4 is 17.5 Å². The first-order valence-electron chi connectivity index (χ1n) is 8.36. The summed E-state index contributed by atoms with van der Waals surface area (Å²) in [5.74, 6) is -0.442. The maximum absolute atomic E-state index is 12.6. The zero-order chi connectivity index (χ0) is 18.7. The van der Waals surface area contributed by atoms with E-state index in [4.69, 9.17) is 0 Å². The van der Waals surface area contributed by atoms with E-state index in [1.165, 1.54) is 18.2 Å². The molecule has 2 amide bonds. The summed E-state index contributed by atoms with van der Waals surface area (Å²) in [4.78, 5) is 39.0. The topological polar surface area (TPSA) is 83.8 Å². The first-order valence-corrected chi connectivity index (χ1v) is 8.36. The van der Waals surface area contributed by atoms with Crippen LogP contribution in [0, 0.1) is 17.0 Å². The quantitative estimate of drug-likeness (QED) is 0.627. The highest BCUT2D eigenvalue weighted by Crippen LogP contribution is 2.20. The molecule has 0 saturated carbocycles. The van der Waals surface area contributed by atoms with Crippen LogP contribution in [0.3, 0.4) is 0 Å². The van der Waals surface area contributed by atoms with Gasteiger partial charge in [0.25, 0.3) is 17.5 Å². The van der Waals surface area contributed by atoms with E-state index < -0.39 is 4.92 Å². The van der Waals surface area contributed by atoms with Crippen LogP contribution in [0.5, 0.6) is 0 Å². The summed E-state index contributed by atoms with van der Waals surface area (Å²) in [6.07, 6.45) is 0. The fourth-order valence-electron chi connectivity index (χ4n) is 2.98. The molecular formula is C19H19N3O4. The van der Waals surface area contributed by atoms with Crippen molar-refractivity contribution < 1.29 is 14.5 Å². The maximum atomic E-state index is 12.6. The number of piperazine rings is 1. The molecule has 7 nitrogen and oxygen atoms in total. The molecule has 3 rings (SSSR count). The van der Waals surface area contributed by atoms with Gasteiger partial charge in [-0.15, -0.1) is 0 Å². The Balaban J connectivity index is 1.67. The Morgan fingerprint density at radius 2 is 1.42 bits per heavy atom. The Morgan fingerprint density at radius 1 is 0.885 bits per heavy atom. The molecule has 0 bridgehead atoms. The van der Waals surface area contributed by atoms with Gasteiger partial charge in [-0.3, -0.25) is 19.7 Å². The Bertz CT molecular complexity index is 840. The average molecular weight is 353 g/mol. The van der Waals surface area contributed by atoms with Crippen LogP contribution < -0.4 is 0 Å². The number of benzene rings is 2. The predicted octanol–water partition coefficient (Wildman–Crippen LogP) is 2.50. The van der Waals surface area contributed by atoms with Crippen molar-refractivity contribution in [2.24, 2.45) is 0 Å². The number of nitro benzene ring substituents is 1. The molecule has 0 atom stereocenters. The molecule has 2 aromatic carbocycles. The van der Waals surface area contributed by atoms with Crippen LogP contribution in [0.15, 0.2) is 48.5 Å². The number of amides is 2. The first kappa shape index (κ1) is 17.6. The lowest BCUT2D eigenvalue weighted by Crippen LogP contribution is -2.50. The standard InChI is InChI=1S/C19H19N3O4/c1-14-6-8-15(9-7-14)18(23)20-10-12-21(13-11-20)19(24)16-4-2-3-5-17(16)22(25)26/h2-9H,10-13H2,1H3. The van der Waals surface area contributed by atoms with Gasteiger partial charge in [-0.25, -0.2) is 0 Å². The van der Waals surface area contributed by atoms with E-state index >= 15 is 0 Å². The number of aryl methyl sites for hydroxylation is 1. The van der Waals surface area contributed by atoms with E-state index in [9.17, 15) is 19.7 Å². The van der Waals surface area contributed by atoms with Crippen LogP contribution in [0.4, 0.5) is 5.69 Å². The molecule has 1 aliphatic rings. The zero-order valence-electron chi connectivity index (χ0n) is 14.4. The second-order valence-corrected chi connectivity index (χ2v) is 6.22. The second-order valence-electron chi connectivity index (χ2n) is 6.22. The van der Waals surface area contributed by atoms with Crippen LogP contribution in [0.25, 0.3) is 0 Å². The summed E-state index contributed by atoms with van der Waals surface area (Å²) in [5.41, 5.74) is 1.59. The normalized spacial score (nSPS) is 14.2. The molecular weight excluding hydrogens is 334 g/mol. The molecule has 0 N–H and O–H groups in total. The molecule has 2 aromatic rings. The number of carbonyl (C=O) groups is 2. The van der Waals surface area contributed by atoms with Crippen molar-refractivity contribution in [3.63, 3.8) is 0 Å². The van der Waals surface area contributed by atoms with Crippen LogP contribution >= 0.6 is 0 Å². The SMILES string of the molecule is Cc1ccc(C(=O)N2CCN(C(=O)c3ccccc3[N+](=O)[O-])CC2)cc1. The number of carbonyl (C=O) groups excluding carboxylic acids is 2. The van der Waals surface area contributed by atoms with Crippen molar-refractivity contribution in [3.05, 3.63) is 75.3 Å². The molecule has 1 heterocycles. The van der Waals surface area contributed by atoms with Crippen molar-refractivity contribution in [1.82, 2.24) is 9.80 Å². The third-order valence-corrected chi connectivity index (χ3v) is 4.48. The van der Waals surface area contributed by atoms with Gasteiger partial charge in [0, 0.05) is 37.8 Å². The molecule has 0 radical (unpaired) electrons. The lowest BCUT2D eigenvalue weighted by Gasteiger charge is -2.34. The van der Waals surface area contributed by atoms with Gasteiger partial charge in [-0.2, -0.15) is 0 Å². The third kappa shape index (κ3) is 3.56. The summed E-state index contributed by atoms with van der Waals surface area (Å²) in [6, 6.07) is 13.3. The van der Waals surface area contributed by atoms with E-state index in [0.29, 0.717) is 31.7 Å². The van der Waals surface area contributed by atoms with Crippen molar-refractivity contribution in [2.75, 3.05) is 26.2 Å². The molecule has 1 aliphatic heterocycles. The minimum Gasteiger partial charge on any atom is -0.335 e. The zero-order valence-corrected chi connectivity index (χ0v) is 14.4. The Morgan fingerprint density at radius 3 is 2.00 bits per heavy atom. The van der Waals surface area contributed by atoms with Crippen LogP contribution in [0.1, 0.15) is 26.3 Å². The van der Waals surface area contributed by atoms with Crippen molar-refractivity contribution in [1.29, 1.82) is 0 Å². The highest BCUT2D eigenvalue weighted by Gasteiger charge is 2.28. The monoisotopic (exact) mass is 353 g/mol. The first-order chi connectivity index (χ1) is 12.5. The molecule has 7 heteroatoms. The molecule has 0 spiro atoms. The summed E-state index contributed by atoms with van der Waals surface area (Å²) in [7, 11) is 0. The largest absolute Gasteiger partial charge is 0.335 e. The Kier molecular flexibility index (Phi) is 4.97. The average Bonchev–Trinajstić information content (AvgIpc) is 2.67. The smallest absolute Gasteiger partial charge is 0.282 e. The van der Waals surface area contributed by atoms with E-state index in [1.54, 1.807) is 28.0 Å². The summed E-state index contributed by atoms with van der Waals surface area (Å²) in [6.45, 7) is 3.46. The fraction of sp³-hybridized carbons (Fsp3) is 0.263. The van der Waals surface area contributed by atoms with E-state index in [2.05, 4.69) is 0 Å². The summed E-state index contributed by atoms with van der Waals surface area (Å²) < 4.78 is 0. The molecule has 0 unspecified atom stereocenters. The van der Waals surface area contributed by atoms with Gasteiger partial charge in [-0.05, 0) is 25.1 Å². The molecule has 26 heavy (non-hydrogen) atoms. The van der Waals surface area contributed by atoms with Gasteiger partial charge in [-0.1, -0.05) is 29.8 Å². The lowest BCUT2D eigenvalue weighted by molar-refractivity contribution is -0.385. The molecule has 0 aromatic heterocycles. The van der Waals surface area contributed by atoms with E-state index in [-0.39, 0.29) is 23.1 Å². The third-order valence-electron chi connectivity index (χ3n) is 4.48. The van der Waals surface area contributed by atoms with Gasteiger partial charge in [0.15, 0.2) is 0 Å². The number of nitrogens with zero attached hydrogens (tertiary/aromatic N) is 3. The van der Waals surface area contributed by atoms with Crippen LogP contribution in [-0.4, -0.2) is 52.7 Å². The van der Waals surface area contributed by atoms with Gasteiger partial charge >= 0.3 is 0 Å². The molecule has 134 valence electrons. The summed E-state index contributed by atoms with van der Waals surface area (Å²) in [5, 5.41) is 11.1. The lowest BCUT2D eigenvalue weighted by atomic mass is 10.1. The van der Waals surface area contributed by atoms with E-state index in [0.717, 1.165) is 5.56 Å². The fourth-order valence-corrected chi connectivity index (χ4v) is 2.98. The summed E-state index contributed by atoms with van der Waals surface area (Å²) >= 11 is 0. The molecule has 1 saturated heterocycles. The van der Waals surface area contributed by atoms with Gasteiger partial charge < -0.3 is 9.80 Å². The molecule has 1 fully saturated rings. The predicted molar refractivity (Wildman–Crippen MR) is 96.1 cm³/mol. The van der Waals surface area contributed by atoms with Gasteiger partial charge in [0.1, 0.15) is 5.56 Å². The van der Waals surface area contributed by atoms with Crippen LogP contribution in [-0.2, 0) is 0 Å². The second kappa shape index (κ2) is 7.35. The van der Waals surface area contributed by atoms with Crippen LogP contribution in [0.2, 0.25) is 0 Å². The van der Waals surface area contributed by atoms with Crippen molar-refractivity contribution in [3.8, 4) is 0 Å². The highest BCUT2D eigenvalue weighted by molar-refractivity contribution is 5.98. The van der Waals surface area contributed by atoms with E-state index in [1.807, 2.05) is 19.1 Å². The van der Waals surface area contributed by atoms with Gasteiger partial charge in [0.2, 0.25) is 0 Å².